The minimum absolute atomic E-state index is 0.101. The lowest BCUT2D eigenvalue weighted by atomic mass is 9.68. The molecule has 2 N–H and O–H groups in total. The molecule has 15 heavy (non-hydrogen) atoms. The Hall–Kier alpha value is -0.960. The second kappa shape index (κ2) is 4.27. The summed E-state index contributed by atoms with van der Waals surface area (Å²) in [6.07, 6.45) is 7.61. The molecule has 0 bridgehead atoms. The van der Waals surface area contributed by atoms with E-state index in [1.807, 2.05) is 12.3 Å². The molecule has 1 aliphatic rings. The predicted octanol–water partition coefficient (Wildman–Crippen LogP) is 1.81. The fraction of sp³-hybridized carbons (Fsp3) is 0.667. The summed E-state index contributed by atoms with van der Waals surface area (Å²) < 4.78 is 0. The molecule has 0 atom stereocenters. The van der Waals surface area contributed by atoms with Gasteiger partial charge < -0.3 is 5.73 Å². The summed E-state index contributed by atoms with van der Waals surface area (Å²) in [5.41, 5.74) is 7.10. The van der Waals surface area contributed by atoms with E-state index in [0.717, 1.165) is 37.2 Å². The van der Waals surface area contributed by atoms with Crippen molar-refractivity contribution in [2.24, 2.45) is 5.73 Å². The molecule has 2 rings (SSSR count). The SMILES string of the molecule is CCCc1ccnc(C2(CN)CCC2)n1. The van der Waals surface area contributed by atoms with Crippen molar-refractivity contribution < 1.29 is 0 Å². The van der Waals surface area contributed by atoms with Crippen LogP contribution in [0.2, 0.25) is 0 Å². The summed E-state index contributed by atoms with van der Waals surface area (Å²) in [7, 11) is 0. The largest absolute Gasteiger partial charge is 0.329 e. The van der Waals surface area contributed by atoms with E-state index in [4.69, 9.17) is 5.73 Å². The van der Waals surface area contributed by atoms with Gasteiger partial charge in [0.1, 0.15) is 5.82 Å². The van der Waals surface area contributed by atoms with E-state index in [2.05, 4.69) is 16.9 Å². The highest BCUT2D eigenvalue weighted by Crippen LogP contribution is 2.40. The predicted molar refractivity (Wildman–Crippen MR) is 60.6 cm³/mol. The molecule has 3 heteroatoms. The second-order valence-corrected chi connectivity index (χ2v) is 4.46. The van der Waals surface area contributed by atoms with E-state index in [1.165, 1.54) is 6.42 Å². The third-order valence-electron chi connectivity index (χ3n) is 3.40. The van der Waals surface area contributed by atoms with Crippen molar-refractivity contribution in [1.29, 1.82) is 0 Å². The summed E-state index contributed by atoms with van der Waals surface area (Å²) >= 11 is 0. The van der Waals surface area contributed by atoms with Crippen molar-refractivity contribution in [3.05, 3.63) is 23.8 Å². The molecule has 3 nitrogen and oxygen atoms in total. The highest BCUT2D eigenvalue weighted by molar-refractivity contribution is 5.16. The lowest BCUT2D eigenvalue weighted by Crippen LogP contribution is -2.43. The normalized spacial score (nSPS) is 18.5. The van der Waals surface area contributed by atoms with Crippen molar-refractivity contribution in [1.82, 2.24) is 9.97 Å². The lowest BCUT2D eigenvalue weighted by Gasteiger charge is -2.39. The molecule has 1 heterocycles. The Morgan fingerprint density at radius 2 is 2.27 bits per heavy atom. The van der Waals surface area contributed by atoms with Crippen molar-refractivity contribution in [3.8, 4) is 0 Å². The highest BCUT2D eigenvalue weighted by Gasteiger charge is 2.39. The quantitative estimate of drug-likeness (QED) is 0.815. The fourth-order valence-electron chi connectivity index (χ4n) is 2.17. The maximum Gasteiger partial charge on any atom is 0.135 e. The first-order valence-corrected chi connectivity index (χ1v) is 5.83. The standard InChI is InChI=1S/C12H19N3/c1-2-4-10-5-8-14-11(15-10)12(9-13)6-3-7-12/h5,8H,2-4,6-7,9,13H2,1H3. The zero-order valence-corrected chi connectivity index (χ0v) is 9.37. The van der Waals surface area contributed by atoms with Crippen molar-refractivity contribution in [2.75, 3.05) is 6.54 Å². The summed E-state index contributed by atoms with van der Waals surface area (Å²) in [6.45, 7) is 2.85. The van der Waals surface area contributed by atoms with Gasteiger partial charge in [0.15, 0.2) is 0 Å². The van der Waals surface area contributed by atoms with Crippen molar-refractivity contribution in [2.45, 2.75) is 44.4 Å². The lowest BCUT2D eigenvalue weighted by molar-refractivity contribution is 0.237. The minimum atomic E-state index is 0.101. The van der Waals surface area contributed by atoms with Crippen LogP contribution in [0.25, 0.3) is 0 Å². The third kappa shape index (κ3) is 1.88. The number of aryl methyl sites for hydroxylation is 1. The molecule has 0 aliphatic heterocycles. The molecule has 1 aromatic heterocycles. The van der Waals surface area contributed by atoms with Crippen molar-refractivity contribution in [3.63, 3.8) is 0 Å². The molecular weight excluding hydrogens is 186 g/mol. The Labute approximate surface area is 91.1 Å². The van der Waals surface area contributed by atoms with E-state index in [-0.39, 0.29) is 5.41 Å². The van der Waals surface area contributed by atoms with Crippen LogP contribution in [-0.4, -0.2) is 16.5 Å². The van der Waals surface area contributed by atoms with Gasteiger partial charge in [-0.1, -0.05) is 19.8 Å². The van der Waals surface area contributed by atoms with E-state index in [9.17, 15) is 0 Å². The Bertz CT molecular complexity index is 326. The first kappa shape index (κ1) is 10.6. The molecule has 1 aromatic rings. The Morgan fingerprint density at radius 3 is 2.80 bits per heavy atom. The molecule has 0 unspecified atom stereocenters. The zero-order valence-electron chi connectivity index (χ0n) is 9.37. The van der Waals surface area contributed by atoms with Crippen LogP contribution in [0.4, 0.5) is 0 Å². The van der Waals surface area contributed by atoms with Gasteiger partial charge in [-0.2, -0.15) is 0 Å². The molecule has 0 radical (unpaired) electrons. The number of hydrogen-bond donors (Lipinski definition) is 1. The average molecular weight is 205 g/mol. The second-order valence-electron chi connectivity index (χ2n) is 4.46. The number of hydrogen-bond acceptors (Lipinski definition) is 3. The van der Waals surface area contributed by atoms with Gasteiger partial charge in [0, 0.05) is 23.9 Å². The topological polar surface area (TPSA) is 51.8 Å². The van der Waals surface area contributed by atoms with Crippen LogP contribution in [0.3, 0.4) is 0 Å². The summed E-state index contributed by atoms with van der Waals surface area (Å²) in [4.78, 5) is 9.03. The number of nitrogens with two attached hydrogens (primary N) is 1. The molecule has 0 aromatic carbocycles. The molecule has 0 spiro atoms. The highest BCUT2D eigenvalue weighted by atomic mass is 14.9. The van der Waals surface area contributed by atoms with E-state index >= 15 is 0 Å². The van der Waals surface area contributed by atoms with Crippen LogP contribution in [0, 0.1) is 0 Å². The van der Waals surface area contributed by atoms with Gasteiger partial charge in [0.2, 0.25) is 0 Å². The van der Waals surface area contributed by atoms with Gasteiger partial charge in [0.25, 0.3) is 0 Å². The van der Waals surface area contributed by atoms with E-state index in [1.54, 1.807) is 0 Å². The van der Waals surface area contributed by atoms with Gasteiger partial charge in [-0.05, 0) is 25.3 Å². The Balaban J connectivity index is 2.23. The van der Waals surface area contributed by atoms with Gasteiger partial charge in [-0.15, -0.1) is 0 Å². The first-order valence-electron chi connectivity index (χ1n) is 5.83. The molecule has 0 amide bonds. The molecule has 82 valence electrons. The number of aromatic nitrogens is 2. The number of rotatable bonds is 4. The average Bonchev–Trinajstić information content (AvgIpc) is 2.18. The molecule has 1 fully saturated rings. The summed E-state index contributed by atoms with van der Waals surface area (Å²) in [5.74, 6) is 0.974. The van der Waals surface area contributed by atoms with Crippen LogP contribution >= 0.6 is 0 Å². The molecule has 0 saturated heterocycles. The van der Waals surface area contributed by atoms with E-state index in [0.29, 0.717) is 6.54 Å². The fourth-order valence-corrected chi connectivity index (χ4v) is 2.17. The smallest absolute Gasteiger partial charge is 0.135 e. The van der Waals surface area contributed by atoms with Gasteiger partial charge in [-0.3, -0.25) is 0 Å². The van der Waals surface area contributed by atoms with Gasteiger partial charge >= 0.3 is 0 Å². The first-order chi connectivity index (χ1) is 7.30. The van der Waals surface area contributed by atoms with Crippen LogP contribution in [0.5, 0.6) is 0 Å². The summed E-state index contributed by atoms with van der Waals surface area (Å²) in [6, 6.07) is 2.01. The van der Waals surface area contributed by atoms with Gasteiger partial charge in [-0.25, -0.2) is 9.97 Å². The van der Waals surface area contributed by atoms with Crippen molar-refractivity contribution >= 4 is 0 Å². The number of nitrogens with zero attached hydrogens (tertiary/aromatic N) is 2. The van der Waals surface area contributed by atoms with Crippen LogP contribution < -0.4 is 5.73 Å². The molecule has 1 saturated carbocycles. The summed E-state index contributed by atoms with van der Waals surface area (Å²) in [5, 5.41) is 0. The Kier molecular flexibility index (Phi) is 3.00. The van der Waals surface area contributed by atoms with E-state index < -0.39 is 0 Å². The van der Waals surface area contributed by atoms with Crippen LogP contribution in [0.1, 0.15) is 44.1 Å². The monoisotopic (exact) mass is 205 g/mol. The molecule has 1 aliphatic carbocycles. The molecular formula is C12H19N3. The van der Waals surface area contributed by atoms with Gasteiger partial charge in [0.05, 0.1) is 0 Å². The van der Waals surface area contributed by atoms with Crippen LogP contribution in [0.15, 0.2) is 12.3 Å². The minimum Gasteiger partial charge on any atom is -0.329 e. The zero-order chi connectivity index (χ0) is 10.7. The Morgan fingerprint density at radius 1 is 1.47 bits per heavy atom. The maximum atomic E-state index is 5.84. The maximum absolute atomic E-state index is 5.84. The third-order valence-corrected chi connectivity index (χ3v) is 3.40. The van der Waals surface area contributed by atoms with Crippen LogP contribution in [-0.2, 0) is 11.8 Å².